The first-order valence-corrected chi connectivity index (χ1v) is 7.66. The lowest BCUT2D eigenvalue weighted by molar-refractivity contribution is -0.134. The lowest BCUT2D eigenvalue weighted by Gasteiger charge is -2.28. The minimum absolute atomic E-state index is 0.455. The zero-order valence-electron chi connectivity index (χ0n) is 11.6. The SMILES string of the molecule is Cc1csc(NC(=O)C(=O)N2CCCc3ccccc32)n1. The summed E-state index contributed by atoms with van der Waals surface area (Å²) in [6, 6.07) is 7.71. The number of para-hydroxylation sites is 1. The molecule has 0 aliphatic carbocycles. The molecule has 0 radical (unpaired) electrons. The lowest BCUT2D eigenvalue weighted by Crippen LogP contribution is -2.42. The number of rotatable bonds is 1. The molecule has 6 heteroatoms. The van der Waals surface area contributed by atoms with E-state index in [1.807, 2.05) is 36.6 Å². The summed E-state index contributed by atoms with van der Waals surface area (Å²) in [5, 5.41) is 4.85. The summed E-state index contributed by atoms with van der Waals surface area (Å²) in [5.74, 6) is -1.17. The van der Waals surface area contributed by atoms with Crippen molar-refractivity contribution in [1.29, 1.82) is 0 Å². The zero-order valence-corrected chi connectivity index (χ0v) is 12.4. The first kappa shape index (κ1) is 13.8. The standard InChI is InChI=1S/C15H15N3O2S/c1-10-9-21-15(16-10)17-13(19)14(20)18-8-4-6-11-5-2-3-7-12(11)18/h2-3,5,7,9H,4,6,8H2,1H3,(H,16,17,19). The van der Waals surface area contributed by atoms with E-state index < -0.39 is 11.8 Å². The highest BCUT2D eigenvalue weighted by molar-refractivity contribution is 7.14. The van der Waals surface area contributed by atoms with Crippen LogP contribution in [-0.2, 0) is 16.0 Å². The quantitative estimate of drug-likeness (QED) is 0.823. The molecule has 0 unspecified atom stereocenters. The fourth-order valence-electron chi connectivity index (χ4n) is 2.43. The Balaban J connectivity index is 1.78. The topological polar surface area (TPSA) is 62.3 Å². The monoisotopic (exact) mass is 301 g/mol. The first-order valence-electron chi connectivity index (χ1n) is 6.78. The van der Waals surface area contributed by atoms with E-state index >= 15 is 0 Å². The molecule has 108 valence electrons. The Hall–Kier alpha value is -2.21. The van der Waals surface area contributed by atoms with Gasteiger partial charge in [-0.15, -0.1) is 11.3 Å². The summed E-state index contributed by atoms with van der Waals surface area (Å²) in [6.45, 7) is 2.41. The molecule has 1 aromatic carbocycles. The van der Waals surface area contributed by atoms with Gasteiger partial charge >= 0.3 is 11.8 Å². The molecule has 1 N–H and O–H groups in total. The van der Waals surface area contributed by atoms with Gasteiger partial charge in [0.1, 0.15) is 0 Å². The number of nitrogens with zero attached hydrogens (tertiary/aromatic N) is 2. The van der Waals surface area contributed by atoms with Crippen molar-refractivity contribution >= 4 is 34.0 Å². The maximum atomic E-state index is 12.4. The Morgan fingerprint density at radius 3 is 2.90 bits per heavy atom. The van der Waals surface area contributed by atoms with Crippen LogP contribution in [0, 0.1) is 6.92 Å². The molecule has 0 fully saturated rings. The Bertz CT molecular complexity index is 696. The number of nitrogens with one attached hydrogen (secondary N) is 1. The average molecular weight is 301 g/mol. The summed E-state index contributed by atoms with van der Waals surface area (Å²) >= 11 is 1.31. The van der Waals surface area contributed by atoms with Gasteiger partial charge in [0.2, 0.25) is 0 Å². The number of hydrogen-bond acceptors (Lipinski definition) is 4. The van der Waals surface area contributed by atoms with Gasteiger partial charge in [0.05, 0.1) is 5.69 Å². The number of carbonyl (C=O) groups is 2. The third-order valence-electron chi connectivity index (χ3n) is 3.39. The number of anilines is 2. The highest BCUT2D eigenvalue weighted by Gasteiger charge is 2.27. The van der Waals surface area contributed by atoms with Crippen molar-refractivity contribution in [3.8, 4) is 0 Å². The number of aryl methyl sites for hydroxylation is 2. The second kappa shape index (κ2) is 5.65. The Morgan fingerprint density at radius 2 is 2.14 bits per heavy atom. The highest BCUT2D eigenvalue weighted by Crippen LogP contribution is 2.27. The fraction of sp³-hybridized carbons (Fsp3) is 0.267. The fourth-order valence-corrected chi connectivity index (χ4v) is 3.11. The molecular weight excluding hydrogens is 286 g/mol. The first-order chi connectivity index (χ1) is 10.1. The molecule has 21 heavy (non-hydrogen) atoms. The predicted octanol–water partition coefficient (Wildman–Crippen LogP) is 2.37. The van der Waals surface area contributed by atoms with E-state index in [0.29, 0.717) is 11.7 Å². The van der Waals surface area contributed by atoms with Crippen LogP contribution in [0.5, 0.6) is 0 Å². The molecule has 1 aliphatic heterocycles. The summed E-state index contributed by atoms with van der Waals surface area (Å²) in [6.07, 6.45) is 1.81. The van der Waals surface area contributed by atoms with Gasteiger partial charge in [0.25, 0.3) is 0 Å². The molecule has 1 aliphatic rings. The average Bonchev–Trinajstić information content (AvgIpc) is 2.91. The van der Waals surface area contributed by atoms with Crippen molar-refractivity contribution in [2.75, 3.05) is 16.8 Å². The van der Waals surface area contributed by atoms with Crippen LogP contribution in [0.25, 0.3) is 0 Å². The Morgan fingerprint density at radius 1 is 1.33 bits per heavy atom. The molecule has 3 rings (SSSR count). The van der Waals surface area contributed by atoms with Crippen LogP contribution in [0.1, 0.15) is 17.7 Å². The largest absolute Gasteiger partial charge is 0.316 e. The summed E-state index contributed by atoms with van der Waals surface area (Å²) in [7, 11) is 0. The Labute approximate surface area is 126 Å². The van der Waals surface area contributed by atoms with E-state index in [-0.39, 0.29) is 0 Å². The van der Waals surface area contributed by atoms with Crippen molar-refractivity contribution in [1.82, 2.24) is 4.98 Å². The maximum absolute atomic E-state index is 12.4. The van der Waals surface area contributed by atoms with Gasteiger partial charge in [0.15, 0.2) is 5.13 Å². The van der Waals surface area contributed by atoms with Gasteiger partial charge in [-0.2, -0.15) is 0 Å². The third-order valence-corrected chi connectivity index (χ3v) is 4.26. The van der Waals surface area contributed by atoms with E-state index in [0.717, 1.165) is 29.8 Å². The van der Waals surface area contributed by atoms with Crippen molar-refractivity contribution in [2.24, 2.45) is 0 Å². The molecule has 0 saturated carbocycles. The van der Waals surface area contributed by atoms with Crippen LogP contribution in [0.4, 0.5) is 10.8 Å². The predicted molar refractivity (Wildman–Crippen MR) is 82.6 cm³/mol. The van der Waals surface area contributed by atoms with Gasteiger partial charge in [-0.25, -0.2) is 4.98 Å². The number of fused-ring (bicyclic) bond motifs is 1. The van der Waals surface area contributed by atoms with Crippen molar-refractivity contribution < 1.29 is 9.59 Å². The van der Waals surface area contributed by atoms with Crippen molar-refractivity contribution in [3.05, 3.63) is 40.9 Å². The molecule has 0 atom stereocenters. The second-order valence-corrected chi connectivity index (χ2v) is 5.80. The molecular formula is C15H15N3O2S. The van der Waals surface area contributed by atoms with E-state index in [2.05, 4.69) is 10.3 Å². The molecule has 5 nitrogen and oxygen atoms in total. The van der Waals surface area contributed by atoms with Gasteiger partial charge in [0, 0.05) is 17.6 Å². The number of aromatic nitrogens is 1. The van der Waals surface area contributed by atoms with E-state index in [9.17, 15) is 9.59 Å². The number of hydrogen-bond donors (Lipinski definition) is 1. The van der Waals surface area contributed by atoms with E-state index in [1.54, 1.807) is 4.90 Å². The number of amides is 2. The summed E-state index contributed by atoms with van der Waals surface area (Å²) < 4.78 is 0. The summed E-state index contributed by atoms with van der Waals surface area (Å²) in [4.78, 5) is 30.1. The van der Waals surface area contributed by atoms with Crippen LogP contribution in [0.3, 0.4) is 0 Å². The number of thiazole rings is 1. The molecule has 0 spiro atoms. The van der Waals surface area contributed by atoms with Crippen LogP contribution in [-0.4, -0.2) is 23.3 Å². The lowest BCUT2D eigenvalue weighted by atomic mass is 10.0. The van der Waals surface area contributed by atoms with Gasteiger partial charge < -0.3 is 4.90 Å². The van der Waals surface area contributed by atoms with Crippen molar-refractivity contribution in [3.63, 3.8) is 0 Å². The van der Waals surface area contributed by atoms with Crippen LogP contribution in [0.15, 0.2) is 29.6 Å². The molecule has 2 aromatic rings. The van der Waals surface area contributed by atoms with Crippen LogP contribution < -0.4 is 10.2 Å². The molecule has 0 bridgehead atoms. The van der Waals surface area contributed by atoms with Crippen molar-refractivity contribution in [2.45, 2.75) is 19.8 Å². The minimum Gasteiger partial charge on any atom is -0.304 e. The number of carbonyl (C=O) groups excluding carboxylic acids is 2. The second-order valence-electron chi connectivity index (χ2n) is 4.94. The molecule has 1 aromatic heterocycles. The number of benzene rings is 1. The van der Waals surface area contributed by atoms with Crippen LogP contribution >= 0.6 is 11.3 Å². The molecule has 2 heterocycles. The third kappa shape index (κ3) is 2.80. The van der Waals surface area contributed by atoms with Crippen LogP contribution in [0.2, 0.25) is 0 Å². The molecule has 2 amide bonds. The van der Waals surface area contributed by atoms with Gasteiger partial charge in [-0.3, -0.25) is 14.9 Å². The Kier molecular flexibility index (Phi) is 3.70. The summed E-state index contributed by atoms with van der Waals surface area (Å²) in [5.41, 5.74) is 2.76. The highest BCUT2D eigenvalue weighted by atomic mass is 32.1. The normalized spacial score (nSPS) is 13.7. The minimum atomic E-state index is -0.638. The van der Waals surface area contributed by atoms with Gasteiger partial charge in [-0.05, 0) is 31.4 Å². The van der Waals surface area contributed by atoms with E-state index in [1.165, 1.54) is 11.3 Å². The zero-order chi connectivity index (χ0) is 14.8. The molecule has 0 saturated heterocycles. The van der Waals surface area contributed by atoms with E-state index in [4.69, 9.17) is 0 Å². The van der Waals surface area contributed by atoms with Gasteiger partial charge in [-0.1, -0.05) is 18.2 Å². The maximum Gasteiger partial charge on any atom is 0.316 e. The smallest absolute Gasteiger partial charge is 0.304 e.